The summed E-state index contributed by atoms with van der Waals surface area (Å²) < 4.78 is 0. The van der Waals surface area contributed by atoms with E-state index in [1.165, 1.54) is 29.5 Å². The molecule has 0 heterocycles. The van der Waals surface area contributed by atoms with Crippen molar-refractivity contribution in [2.24, 2.45) is 0 Å². The Hall–Kier alpha value is -1.31. The summed E-state index contributed by atoms with van der Waals surface area (Å²) in [5.41, 5.74) is 3.89. The Balaban J connectivity index is 1.95. The Labute approximate surface area is 116 Å². The van der Waals surface area contributed by atoms with Gasteiger partial charge < -0.3 is 4.90 Å². The van der Waals surface area contributed by atoms with Crippen LogP contribution in [-0.4, -0.2) is 22.9 Å². The lowest BCUT2D eigenvalue weighted by atomic mass is 10.0. The molecule has 0 N–H and O–H groups in total. The van der Waals surface area contributed by atoms with Crippen molar-refractivity contribution in [3.05, 3.63) is 34.9 Å². The summed E-state index contributed by atoms with van der Waals surface area (Å²) in [5, 5.41) is 0. The van der Waals surface area contributed by atoms with E-state index in [4.69, 9.17) is 0 Å². The molecule has 1 saturated carbocycles. The molecule has 2 nitrogen and oxygen atoms in total. The number of benzene rings is 1. The molecular weight excluding hydrogens is 234 g/mol. The van der Waals surface area contributed by atoms with Crippen LogP contribution in [0.4, 0.5) is 0 Å². The molecule has 1 amide bonds. The lowest BCUT2D eigenvalue weighted by molar-refractivity contribution is -0.133. The zero-order valence-corrected chi connectivity index (χ0v) is 12.6. The van der Waals surface area contributed by atoms with Crippen molar-refractivity contribution in [2.45, 2.75) is 65.5 Å². The van der Waals surface area contributed by atoms with E-state index in [9.17, 15) is 4.79 Å². The lowest BCUT2D eigenvalue weighted by Gasteiger charge is -2.26. The van der Waals surface area contributed by atoms with Crippen LogP contribution in [0.2, 0.25) is 0 Å². The first-order chi connectivity index (χ1) is 8.99. The van der Waals surface area contributed by atoms with Crippen LogP contribution in [0.1, 0.15) is 49.8 Å². The Morgan fingerprint density at radius 3 is 2.53 bits per heavy atom. The molecule has 0 spiro atoms. The third-order valence-electron chi connectivity index (χ3n) is 3.89. The molecule has 1 aromatic rings. The molecule has 0 bridgehead atoms. The van der Waals surface area contributed by atoms with Crippen molar-refractivity contribution in [3.63, 3.8) is 0 Å². The highest BCUT2D eigenvalue weighted by Crippen LogP contribution is 2.29. The van der Waals surface area contributed by atoms with Gasteiger partial charge >= 0.3 is 0 Å². The fourth-order valence-electron chi connectivity index (χ4n) is 2.76. The minimum atomic E-state index is 0.317. The summed E-state index contributed by atoms with van der Waals surface area (Å²) in [4.78, 5) is 14.4. The van der Waals surface area contributed by atoms with Crippen LogP contribution in [0.25, 0.3) is 0 Å². The number of aryl methyl sites for hydroxylation is 3. The van der Waals surface area contributed by atoms with Crippen LogP contribution < -0.4 is 0 Å². The molecule has 0 atom stereocenters. The molecule has 2 rings (SSSR count). The second kappa shape index (κ2) is 5.77. The van der Waals surface area contributed by atoms with Crippen LogP contribution in [-0.2, 0) is 11.2 Å². The molecule has 1 aliphatic rings. The Bertz CT molecular complexity index is 458. The molecule has 0 aromatic heterocycles. The standard InChI is InChI=1S/C17H25NO/c1-12(2)18(16-8-9-16)17(19)10-7-15-6-5-13(3)11-14(15)4/h5-6,11-12,16H,7-10H2,1-4H3. The fourth-order valence-corrected chi connectivity index (χ4v) is 2.76. The van der Waals surface area contributed by atoms with Gasteiger partial charge in [-0.15, -0.1) is 0 Å². The van der Waals surface area contributed by atoms with Gasteiger partial charge in [0.15, 0.2) is 0 Å². The third-order valence-corrected chi connectivity index (χ3v) is 3.89. The summed E-state index contributed by atoms with van der Waals surface area (Å²) in [6.07, 6.45) is 3.88. The van der Waals surface area contributed by atoms with Gasteiger partial charge in [0.1, 0.15) is 0 Å². The highest BCUT2D eigenvalue weighted by atomic mass is 16.2. The Morgan fingerprint density at radius 2 is 2.00 bits per heavy atom. The van der Waals surface area contributed by atoms with Crippen molar-refractivity contribution in [1.82, 2.24) is 4.90 Å². The van der Waals surface area contributed by atoms with Crippen LogP contribution in [0.5, 0.6) is 0 Å². The van der Waals surface area contributed by atoms with Crippen molar-refractivity contribution in [2.75, 3.05) is 0 Å². The van der Waals surface area contributed by atoms with E-state index in [0.717, 1.165) is 6.42 Å². The number of carbonyl (C=O) groups excluding carboxylic acids is 1. The van der Waals surface area contributed by atoms with Crippen molar-refractivity contribution < 1.29 is 4.79 Å². The van der Waals surface area contributed by atoms with Gasteiger partial charge in [-0.1, -0.05) is 23.8 Å². The first-order valence-corrected chi connectivity index (χ1v) is 7.36. The summed E-state index contributed by atoms with van der Waals surface area (Å²) in [6, 6.07) is 7.34. The summed E-state index contributed by atoms with van der Waals surface area (Å²) >= 11 is 0. The van der Waals surface area contributed by atoms with Crippen molar-refractivity contribution in [3.8, 4) is 0 Å². The zero-order chi connectivity index (χ0) is 14.0. The summed E-state index contributed by atoms with van der Waals surface area (Å²) in [5.74, 6) is 0.317. The molecular formula is C17H25NO. The number of amides is 1. The van der Waals surface area contributed by atoms with Crippen LogP contribution >= 0.6 is 0 Å². The van der Waals surface area contributed by atoms with Gasteiger partial charge in [0.25, 0.3) is 0 Å². The minimum absolute atomic E-state index is 0.317. The molecule has 1 aliphatic carbocycles. The molecule has 2 heteroatoms. The van der Waals surface area contributed by atoms with Gasteiger partial charge in [0.2, 0.25) is 5.91 Å². The quantitative estimate of drug-likeness (QED) is 0.790. The van der Waals surface area contributed by atoms with Gasteiger partial charge in [0, 0.05) is 18.5 Å². The Morgan fingerprint density at radius 1 is 1.32 bits per heavy atom. The maximum absolute atomic E-state index is 12.3. The van der Waals surface area contributed by atoms with Gasteiger partial charge in [-0.25, -0.2) is 0 Å². The van der Waals surface area contributed by atoms with Gasteiger partial charge in [-0.05, 0) is 58.1 Å². The monoisotopic (exact) mass is 259 g/mol. The fraction of sp³-hybridized carbons (Fsp3) is 0.588. The number of carbonyl (C=O) groups is 1. The van der Waals surface area contributed by atoms with Crippen LogP contribution in [0, 0.1) is 13.8 Å². The van der Waals surface area contributed by atoms with Gasteiger partial charge in [0.05, 0.1) is 0 Å². The number of rotatable bonds is 5. The minimum Gasteiger partial charge on any atom is -0.337 e. The largest absolute Gasteiger partial charge is 0.337 e. The highest BCUT2D eigenvalue weighted by molar-refractivity contribution is 5.77. The molecule has 0 radical (unpaired) electrons. The highest BCUT2D eigenvalue weighted by Gasteiger charge is 2.33. The maximum atomic E-state index is 12.3. The van der Waals surface area contributed by atoms with E-state index >= 15 is 0 Å². The second-order valence-electron chi connectivity index (χ2n) is 6.06. The zero-order valence-electron chi connectivity index (χ0n) is 12.6. The van der Waals surface area contributed by atoms with E-state index in [2.05, 4.69) is 50.8 Å². The lowest BCUT2D eigenvalue weighted by Crippen LogP contribution is -2.38. The average molecular weight is 259 g/mol. The SMILES string of the molecule is Cc1ccc(CCC(=O)N(C(C)C)C2CC2)c(C)c1. The van der Waals surface area contributed by atoms with E-state index in [-0.39, 0.29) is 0 Å². The molecule has 0 aliphatic heterocycles. The van der Waals surface area contributed by atoms with E-state index in [1.54, 1.807) is 0 Å². The number of hydrogen-bond donors (Lipinski definition) is 0. The maximum Gasteiger partial charge on any atom is 0.223 e. The average Bonchev–Trinajstić information content (AvgIpc) is 3.12. The Kier molecular flexibility index (Phi) is 4.28. The van der Waals surface area contributed by atoms with E-state index in [1.807, 2.05) is 0 Å². The van der Waals surface area contributed by atoms with Gasteiger partial charge in [-0.3, -0.25) is 4.79 Å². The topological polar surface area (TPSA) is 20.3 Å². The second-order valence-corrected chi connectivity index (χ2v) is 6.06. The predicted octanol–water partition coefficient (Wildman–Crippen LogP) is 3.64. The van der Waals surface area contributed by atoms with Crippen LogP contribution in [0.3, 0.4) is 0 Å². The van der Waals surface area contributed by atoms with Gasteiger partial charge in [-0.2, -0.15) is 0 Å². The predicted molar refractivity (Wildman–Crippen MR) is 79.2 cm³/mol. The molecule has 1 aromatic carbocycles. The van der Waals surface area contributed by atoms with Crippen molar-refractivity contribution >= 4 is 5.91 Å². The molecule has 0 saturated heterocycles. The van der Waals surface area contributed by atoms with Crippen LogP contribution in [0.15, 0.2) is 18.2 Å². The van der Waals surface area contributed by atoms with Crippen molar-refractivity contribution in [1.29, 1.82) is 0 Å². The first-order valence-electron chi connectivity index (χ1n) is 7.36. The summed E-state index contributed by atoms with van der Waals surface area (Å²) in [6.45, 7) is 8.48. The number of hydrogen-bond acceptors (Lipinski definition) is 1. The molecule has 19 heavy (non-hydrogen) atoms. The van der Waals surface area contributed by atoms with E-state index in [0.29, 0.717) is 24.4 Å². The normalized spacial score (nSPS) is 14.8. The third kappa shape index (κ3) is 3.59. The first kappa shape index (κ1) is 14.1. The smallest absolute Gasteiger partial charge is 0.223 e. The molecule has 1 fully saturated rings. The summed E-state index contributed by atoms with van der Waals surface area (Å²) in [7, 11) is 0. The number of nitrogens with zero attached hydrogens (tertiary/aromatic N) is 1. The molecule has 0 unspecified atom stereocenters. The molecule has 104 valence electrons. The van der Waals surface area contributed by atoms with E-state index < -0.39 is 0 Å².